The van der Waals surface area contributed by atoms with Gasteiger partial charge in [-0.15, -0.1) is 0 Å². The molecule has 2 aliphatic heterocycles. The lowest BCUT2D eigenvalue weighted by Crippen LogP contribution is -2.53. The van der Waals surface area contributed by atoms with Gasteiger partial charge in [0.05, 0.1) is 44.1 Å². The smallest absolute Gasteiger partial charge is 0.414 e. The van der Waals surface area contributed by atoms with Gasteiger partial charge in [0.1, 0.15) is 5.84 Å². The molecule has 0 spiro atoms. The summed E-state index contributed by atoms with van der Waals surface area (Å²) in [6, 6.07) is 15.5. The first-order chi connectivity index (χ1) is 17.4. The number of guanidine groups is 1. The van der Waals surface area contributed by atoms with Gasteiger partial charge in [0, 0.05) is 28.6 Å². The van der Waals surface area contributed by atoms with Crippen LogP contribution in [0.4, 0.5) is 21.0 Å². The Labute approximate surface area is 206 Å². The highest BCUT2D eigenvalue weighted by atomic mass is 16.4. The van der Waals surface area contributed by atoms with Crippen LogP contribution in [0, 0.1) is 0 Å². The van der Waals surface area contributed by atoms with Crippen LogP contribution in [0.15, 0.2) is 58.5 Å². The summed E-state index contributed by atoms with van der Waals surface area (Å²) in [7, 11) is 1.78. The van der Waals surface area contributed by atoms with E-state index in [-0.39, 0.29) is 25.6 Å². The second kappa shape index (κ2) is 9.23. The van der Waals surface area contributed by atoms with Gasteiger partial charge in [-0.1, -0.05) is 48.5 Å². The number of carbonyl (C=O) groups is 2. The number of amidine groups is 1. The lowest BCUT2D eigenvalue weighted by Gasteiger charge is -2.32. The van der Waals surface area contributed by atoms with Crippen molar-refractivity contribution in [2.45, 2.75) is 0 Å². The second-order valence-electron chi connectivity index (χ2n) is 8.47. The number of nitrogens with two attached hydrogens (primary N) is 1. The summed E-state index contributed by atoms with van der Waals surface area (Å²) in [5.41, 5.74) is 4.73. The zero-order valence-corrected chi connectivity index (χ0v) is 19.6. The van der Waals surface area contributed by atoms with Crippen LogP contribution in [0.2, 0.25) is 0 Å². The molecule has 2 aliphatic rings. The predicted molar refractivity (Wildman–Crippen MR) is 139 cm³/mol. The molecule has 2 heterocycles. The SMILES string of the molecule is CN(N)c1c2ccccc2c(N(CC2=NCCN2C(=O)O)NC2=NCCN2C(=O)O)c2ccccc12. The zero-order chi connectivity index (χ0) is 25.4. The lowest BCUT2D eigenvalue weighted by atomic mass is 9.97. The molecule has 0 aliphatic carbocycles. The third-order valence-electron chi connectivity index (χ3n) is 6.26. The summed E-state index contributed by atoms with van der Waals surface area (Å²) < 4.78 is 0. The van der Waals surface area contributed by atoms with Crippen LogP contribution in [0.3, 0.4) is 0 Å². The van der Waals surface area contributed by atoms with E-state index in [1.807, 2.05) is 48.5 Å². The Morgan fingerprint density at radius 1 is 0.889 bits per heavy atom. The van der Waals surface area contributed by atoms with Crippen LogP contribution >= 0.6 is 0 Å². The van der Waals surface area contributed by atoms with Crippen molar-refractivity contribution in [1.82, 2.24) is 15.2 Å². The van der Waals surface area contributed by atoms with E-state index in [4.69, 9.17) is 5.84 Å². The standard InChI is InChI=1S/C24H26N8O4/c1-29(25)20-15-6-2-4-8-17(15)21(18-9-5-3-7-16(18)20)32(14-19-26-10-12-30(19)23(33)34)28-22-27-11-13-31(22)24(35)36/h2-9H,10-14,25H2,1H3,(H,27,28)(H,33,34)(H,35,36). The van der Waals surface area contributed by atoms with Crippen LogP contribution in [0.25, 0.3) is 21.5 Å². The average molecular weight is 491 g/mol. The second-order valence-corrected chi connectivity index (χ2v) is 8.47. The van der Waals surface area contributed by atoms with E-state index in [0.29, 0.717) is 18.9 Å². The molecule has 2 amide bonds. The summed E-state index contributed by atoms with van der Waals surface area (Å²) in [6.45, 7) is 1.23. The molecule has 0 saturated heterocycles. The van der Waals surface area contributed by atoms with Crippen molar-refractivity contribution in [3.05, 3.63) is 48.5 Å². The van der Waals surface area contributed by atoms with Gasteiger partial charge >= 0.3 is 12.2 Å². The highest BCUT2D eigenvalue weighted by Gasteiger charge is 2.30. The fraction of sp³-hybridized carbons (Fsp3) is 0.250. The van der Waals surface area contributed by atoms with Gasteiger partial charge in [-0.2, -0.15) is 0 Å². The number of benzene rings is 3. The molecule has 12 heteroatoms. The molecule has 3 aromatic rings. The topological polar surface area (TPSA) is 150 Å². The van der Waals surface area contributed by atoms with Crippen molar-refractivity contribution in [2.24, 2.45) is 15.8 Å². The first-order valence-corrected chi connectivity index (χ1v) is 11.4. The average Bonchev–Trinajstić information content (AvgIpc) is 3.51. The summed E-state index contributed by atoms with van der Waals surface area (Å²) in [4.78, 5) is 34.8. The Balaban J connectivity index is 1.73. The molecule has 0 atom stereocenters. The third kappa shape index (κ3) is 3.96. The number of amides is 2. The number of anilines is 2. The van der Waals surface area contributed by atoms with Gasteiger partial charge in [0.25, 0.3) is 0 Å². The Morgan fingerprint density at radius 2 is 1.39 bits per heavy atom. The van der Waals surface area contributed by atoms with E-state index < -0.39 is 12.2 Å². The quantitative estimate of drug-likeness (QED) is 0.184. The molecular weight excluding hydrogens is 464 g/mol. The van der Waals surface area contributed by atoms with Crippen LogP contribution in [0.1, 0.15) is 0 Å². The maximum atomic E-state index is 11.8. The van der Waals surface area contributed by atoms with Crippen molar-refractivity contribution < 1.29 is 19.8 Å². The molecule has 0 bridgehead atoms. The predicted octanol–water partition coefficient (Wildman–Crippen LogP) is 2.36. The zero-order valence-electron chi connectivity index (χ0n) is 19.6. The minimum absolute atomic E-state index is 0.0601. The van der Waals surface area contributed by atoms with E-state index in [2.05, 4.69) is 15.4 Å². The number of carboxylic acid groups (broad SMARTS) is 2. The van der Waals surface area contributed by atoms with Crippen molar-refractivity contribution in [1.29, 1.82) is 0 Å². The van der Waals surface area contributed by atoms with E-state index in [0.717, 1.165) is 37.8 Å². The number of nitrogens with one attached hydrogen (secondary N) is 1. The molecular formula is C24H26N8O4. The van der Waals surface area contributed by atoms with Gasteiger partial charge in [-0.05, 0) is 0 Å². The molecule has 5 rings (SSSR count). The van der Waals surface area contributed by atoms with Gasteiger partial charge in [0.15, 0.2) is 0 Å². The number of hydrogen-bond acceptors (Lipinski definition) is 8. The molecule has 0 saturated carbocycles. The van der Waals surface area contributed by atoms with Crippen LogP contribution in [-0.4, -0.2) is 83.8 Å². The maximum absolute atomic E-state index is 11.8. The van der Waals surface area contributed by atoms with Crippen LogP contribution < -0.4 is 21.3 Å². The number of hydrazine groups is 2. The number of aliphatic imine (C=N–C) groups is 2. The Bertz CT molecular complexity index is 1320. The molecule has 5 N–H and O–H groups in total. The Hall–Kier alpha value is -4.58. The normalized spacial score (nSPS) is 15.3. The fourth-order valence-electron chi connectivity index (χ4n) is 4.75. The van der Waals surface area contributed by atoms with Crippen LogP contribution in [-0.2, 0) is 0 Å². The summed E-state index contributed by atoms with van der Waals surface area (Å²) in [5.74, 6) is 6.77. The fourth-order valence-corrected chi connectivity index (χ4v) is 4.75. The first kappa shape index (κ1) is 23.2. The number of fused-ring (bicyclic) bond motifs is 2. The highest BCUT2D eigenvalue weighted by molar-refractivity contribution is 6.20. The van der Waals surface area contributed by atoms with E-state index >= 15 is 0 Å². The number of hydrogen-bond donors (Lipinski definition) is 4. The number of rotatable bonds is 5. The van der Waals surface area contributed by atoms with E-state index in [1.165, 1.54) is 4.90 Å². The monoisotopic (exact) mass is 490 g/mol. The van der Waals surface area contributed by atoms with Crippen molar-refractivity contribution >= 4 is 56.9 Å². The molecule has 0 unspecified atom stereocenters. The molecule has 36 heavy (non-hydrogen) atoms. The minimum atomic E-state index is -1.13. The summed E-state index contributed by atoms with van der Waals surface area (Å²) in [6.07, 6.45) is -2.22. The maximum Gasteiger partial charge on any atom is 0.414 e. The highest BCUT2D eigenvalue weighted by Crippen LogP contribution is 2.42. The van der Waals surface area contributed by atoms with Gasteiger partial charge in [0.2, 0.25) is 5.96 Å². The Morgan fingerprint density at radius 3 is 1.92 bits per heavy atom. The molecule has 0 aromatic heterocycles. The van der Waals surface area contributed by atoms with E-state index in [9.17, 15) is 19.8 Å². The first-order valence-electron chi connectivity index (χ1n) is 11.4. The van der Waals surface area contributed by atoms with Crippen molar-refractivity contribution in [3.63, 3.8) is 0 Å². The van der Waals surface area contributed by atoms with Gasteiger partial charge in [-0.25, -0.2) is 25.3 Å². The van der Waals surface area contributed by atoms with Crippen molar-refractivity contribution in [2.75, 3.05) is 49.8 Å². The molecule has 0 fully saturated rings. The third-order valence-corrected chi connectivity index (χ3v) is 6.26. The minimum Gasteiger partial charge on any atom is -0.465 e. The summed E-state index contributed by atoms with van der Waals surface area (Å²) in [5, 5.41) is 26.1. The lowest BCUT2D eigenvalue weighted by molar-refractivity contribution is 0.170. The van der Waals surface area contributed by atoms with Gasteiger partial charge in [-0.3, -0.25) is 20.3 Å². The molecule has 0 radical (unpaired) electrons. The molecule has 3 aromatic carbocycles. The Kier molecular flexibility index (Phi) is 5.94. The largest absolute Gasteiger partial charge is 0.465 e. The van der Waals surface area contributed by atoms with Gasteiger partial charge < -0.3 is 15.2 Å². The number of nitrogens with zero attached hydrogens (tertiary/aromatic N) is 6. The molecule has 12 nitrogen and oxygen atoms in total. The molecule has 186 valence electrons. The van der Waals surface area contributed by atoms with E-state index in [1.54, 1.807) is 17.1 Å². The van der Waals surface area contributed by atoms with Crippen LogP contribution in [0.5, 0.6) is 0 Å². The summed E-state index contributed by atoms with van der Waals surface area (Å²) >= 11 is 0. The van der Waals surface area contributed by atoms with Crippen molar-refractivity contribution in [3.8, 4) is 0 Å².